The van der Waals surface area contributed by atoms with Crippen molar-refractivity contribution in [1.29, 1.82) is 0 Å². The van der Waals surface area contributed by atoms with Gasteiger partial charge in [0.25, 0.3) is 0 Å². The first-order chi connectivity index (χ1) is 5.70. The molecular formula is C8H12IN3. The molecule has 0 amide bonds. The second kappa shape index (κ2) is 4.59. The Morgan fingerprint density at radius 3 is 2.92 bits per heavy atom. The largest absolute Gasteiger partial charge is 0.369 e. The number of nitrogens with zero attached hydrogens (tertiary/aromatic N) is 2. The van der Waals surface area contributed by atoms with Gasteiger partial charge in [-0.25, -0.2) is 9.97 Å². The fraction of sp³-hybridized carbons (Fsp3) is 0.500. The van der Waals surface area contributed by atoms with E-state index in [-0.39, 0.29) is 0 Å². The summed E-state index contributed by atoms with van der Waals surface area (Å²) in [6.45, 7) is 5.29. The molecule has 0 aliphatic carbocycles. The van der Waals surface area contributed by atoms with Crippen molar-refractivity contribution in [3.63, 3.8) is 0 Å². The summed E-state index contributed by atoms with van der Waals surface area (Å²) in [4.78, 5) is 8.03. The minimum Gasteiger partial charge on any atom is -0.369 e. The Morgan fingerprint density at radius 2 is 2.33 bits per heavy atom. The predicted molar refractivity (Wildman–Crippen MR) is 58.1 cm³/mol. The molecule has 66 valence electrons. The number of hydrogen-bond donors (Lipinski definition) is 1. The maximum Gasteiger partial charge on any atom is 0.142 e. The molecule has 0 radical (unpaired) electrons. The van der Waals surface area contributed by atoms with Gasteiger partial charge in [0.1, 0.15) is 12.1 Å². The third-order valence-electron chi connectivity index (χ3n) is 1.35. The Balaban J connectivity index is 2.57. The van der Waals surface area contributed by atoms with E-state index in [9.17, 15) is 0 Å². The SMILES string of the molecule is CC(C)CNc1ncncc1I. The zero-order chi connectivity index (χ0) is 8.97. The van der Waals surface area contributed by atoms with Gasteiger partial charge in [-0.15, -0.1) is 0 Å². The molecule has 0 saturated carbocycles. The molecule has 1 aromatic rings. The van der Waals surface area contributed by atoms with Gasteiger partial charge < -0.3 is 5.32 Å². The van der Waals surface area contributed by atoms with Crippen LogP contribution in [0.25, 0.3) is 0 Å². The predicted octanol–water partition coefficient (Wildman–Crippen LogP) is 2.15. The summed E-state index contributed by atoms with van der Waals surface area (Å²) in [5, 5.41) is 3.25. The monoisotopic (exact) mass is 277 g/mol. The summed E-state index contributed by atoms with van der Waals surface area (Å²) >= 11 is 2.22. The third kappa shape index (κ3) is 2.92. The van der Waals surface area contributed by atoms with Crippen molar-refractivity contribution >= 4 is 28.4 Å². The molecule has 0 unspecified atom stereocenters. The van der Waals surface area contributed by atoms with Crippen LogP contribution in [0.2, 0.25) is 0 Å². The van der Waals surface area contributed by atoms with Crippen LogP contribution < -0.4 is 5.32 Å². The van der Waals surface area contributed by atoms with Gasteiger partial charge in [0.15, 0.2) is 0 Å². The lowest BCUT2D eigenvalue weighted by Gasteiger charge is -2.08. The van der Waals surface area contributed by atoms with Gasteiger partial charge in [0, 0.05) is 12.7 Å². The van der Waals surface area contributed by atoms with Crippen molar-refractivity contribution in [3.8, 4) is 0 Å². The highest BCUT2D eigenvalue weighted by Gasteiger charge is 1.99. The number of anilines is 1. The molecule has 0 atom stereocenters. The number of hydrogen-bond acceptors (Lipinski definition) is 3. The Kier molecular flexibility index (Phi) is 3.71. The Labute approximate surface area is 86.1 Å². The van der Waals surface area contributed by atoms with Gasteiger partial charge in [-0.1, -0.05) is 13.8 Å². The fourth-order valence-corrected chi connectivity index (χ4v) is 1.23. The van der Waals surface area contributed by atoms with Crippen LogP contribution in [0.3, 0.4) is 0 Å². The second-order valence-electron chi connectivity index (χ2n) is 2.99. The molecule has 0 fully saturated rings. The molecule has 1 N–H and O–H groups in total. The standard InChI is InChI=1S/C8H12IN3/c1-6(2)3-11-8-7(9)4-10-5-12-8/h4-6H,3H2,1-2H3,(H,10,11,12). The quantitative estimate of drug-likeness (QED) is 0.860. The van der Waals surface area contributed by atoms with Crippen molar-refractivity contribution in [2.24, 2.45) is 5.92 Å². The van der Waals surface area contributed by atoms with Crippen LogP contribution in [-0.4, -0.2) is 16.5 Å². The second-order valence-corrected chi connectivity index (χ2v) is 4.16. The van der Waals surface area contributed by atoms with Gasteiger partial charge in [0.2, 0.25) is 0 Å². The molecule has 1 aromatic heterocycles. The van der Waals surface area contributed by atoms with E-state index in [1.807, 2.05) is 0 Å². The van der Waals surface area contributed by atoms with Crippen molar-refractivity contribution < 1.29 is 0 Å². The summed E-state index contributed by atoms with van der Waals surface area (Å²) in [5.74, 6) is 1.56. The molecule has 0 saturated heterocycles. The molecule has 1 heterocycles. The number of nitrogens with one attached hydrogen (secondary N) is 1. The minimum atomic E-state index is 0.635. The maximum atomic E-state index is 4.12. The summed E-state index contributed by atoms with van der Waals surface area (Å²) in [6.07, 6.45) is 3.36. The van der Waals surface area contributed by atoms with E-state index < -0.39 is 0 Å². The van der Waals surface area contributed by atoms with E-state index in [4.69, 9.17) is 0 Å². The summed E-state index contributed by atoms with van der Waals surface area (Å²) < 4.78 is 1.07. The van der Waals surface area contributed by atoms with Crippen LogP contribution in [0.1, 0.15) is 13.8 Å². The smallest absolute Gasteiger partial charge is 0.142 e. The third-order valence-corrected chi connectivity index (χ3v) is 2.13. The number of halogens is 1. The van der Waals surface area contributed by atoms with Gasteiger partial charge >= 0.3 is 0 Å². The molecular weight excluding hydrogens is 265 g/mol. The van der Waals surface area contributed by atoms with Crippen molar-refractivity contribution in [1.82, 2.24) is 9.97 Å². The average Bonchev–Trinajstić information content (AvgIpc) is 2.03. The van der Waals surface area contributed by atoms with Gasteiger partial charge in [-0.3, -0.25) is 0 Å². The number of aromatic nitrogens is 2. The van der Waals surface area contributed by atoms with Crippen molar-refractivity contribution in [3.05, 3.63) is 16.1 Å². The van der Waals surface area contributed by atoms with E-state index in [0.29, 0.717) is 5.92 Å². The van der Waals surface area contributed by atoms with E-state index in [2.05, 4.69) is 51.7 Å². The molecule has 0 bridgehead atoms. The zero-order valence-corrected chi connectivity index (χ0v) is 9.37. The van der Waals surface area contributed by atoms with Crippen LogP contribution in [0.4, 0.5) is 5.82 Å². The molecule has 1 rings (SSSR count). The van der Waals surface area contributed by atoms with Crippen molar-refractivity contribution in [2.45, 2.75) is 13.8 Å². The van der Waals surface area contributed by atoms with E-state index in [1.54, 1.807) is 12.5 Å². The first-order valence-corrected chi connectivity index (χ1v) is 4.97. The Hall–Kier alpha value is -0.390. The van der Waals surface area contributed by atoms with E-state index in [0.717, 1.165) is 15.9 Å². The van der Waals surface area contributed by atoms with Crippen LogP contribution in [0.5, 0.6) is 0 Å². The minimum absolute atomic E-state index is 0.635. The molecule has 0 aromatic carbocycles. The summed E-state index contributed by atoms with van der Waals surface area (Å²) in [7, 11) is 0. The fourth-order valence-electron chi connectivity index (χ4n) is 0.744. The normalized spacial score (nSPS) is 10.3. The first kappa shape index (κ1) is 9.70. The van der Waals surface area contributed by atoms with Crippen LogP contribution in [0, 0.1) is 9.49 Å². The summed E-state index contributed by atoms with van der Waals surface area (Å²) in [5.41, 5.74) is 0. The van der Waals surface area contributed by atoms with Gasteiger partial charge in [-0.05, 0) is 28.5 Å². The van der Waals surface area contributed by atoms with E-state index >= 15 is 0 Å². The lowest BCUT2D eigenvalue weighted by molar-refractivity contribution is 0.686. The van der Waals surface area contributed by atoms with E-state index in [1.165, 1.54) is 0 Å². The van der Waals surface area contributed by atoms with Crippen molar-refractivity contribution in [2.75, 3.05) is 11.9 Å². The molecule has 4 heteroatoms. The van der Waals surface area contributed by atoms with Gasteiger partial charge in [0.05, 0.1) is 3.57 Å². The topological polar surface area (TPSA) is 37.8 Å². The maximum absolute atomic E-state index is 4.12. The molecule has 0 aliphatic heterocycles. The zero-order valence-electron chi connectivity index (χ0n) is 7.21. The lowest BCUT2D eigenvalue weighted by atomic mass is 10.2. The highest BCUT2D eigenvalue weighted by molar-refractivity contribution is 14.1. The Morgan fingerprint density at radius 1 is 1.58 bits per heavy atom. The molecule has 3 nitrogen and oxygen atoms in total. The van der Waals surface area contributed by atoms with Crippen LogP contribution >= 0.6 is 22.6 Å². The highest BCUT2D eigenvalue weighted by atomic mass is 127. The molecule has 12 heavy (non-hydrogen) atoms. The number of rotatable bonds is 3. The summed E-state index contributed by atoms with van der Waals surface area (Å²) in [6, 6.07) is 0. The van der Waals surface area contributed by atoms with Gasteiger partial charge in [-0.2, -0.15) is 0 Å². The Bertz CT molecular complexity index is 250. The van der Waals surface area contributed by atoms with Crippen LogP contribution in [-0.2, 0) is 0 Å². The molecule has 0 aliphatic rings. The highest BCUT2D eigenvalue weighted by Crippen LogP contribution is 2.12. The van der Waals surface area contributed by atoms with Crippen LogP contribution in [0.15, 0.2) is 12.5 Å². The average molecular weight is 277 g/mol. The lowest BCUT2D eigenvalue weighted by Crippen LogP contribution is -2.10. The molecule has 0 spiro atoms. The first-order valence-electron chi connectivity index (χ1n) is 3.89.